The Morgan fingerprint density at radius 3 is 2.50 bits per heavy atom. The van der Waals surface area contributed by atoms with Crippen molar-refractivity contribution in [3.63, 3.8) is 0 Å². The molecule has 0 saturated carbocycles. The van der Waals surface area contributed by atoms with E-state index in [0.29, 0.717) is 0 Å². The first kappa shape index (κ1) is 21.6. The van der Waals surface area contributed by atoms with Crippen molar-refractivity contribution in [1.29, 1.82) is 0 Å². The molecule has 1 aromatic carbocycles. The van der Waals surface area contributed by atoms with Gasteiger partial charge >= 0.3 is 0 Å². The summed E-state index contributed by atoms with van der Waals surface area (Å²) in [5.41, 5.74) is 3.31. The normalized spacial score (nSPS) is 24.7. The van der Waals surface area contributed by atoms with Crippen molar-refractivity contribution in [1.82, 2.24) is 19.8 Å². The number of aliphatic hydroxyl groups is 1. The highest BCUT2D eigenvalue weighted by atomic mass is 16.5. The van der Waals surface area contributed by atoms with Crippen LogP contribution in [0.1, 0.15) is 11.5 Å². The lowest BCUT2D eigenvalue weighted by molar-refractivity contribution is -0.0147. The van der Waals surface area contributed by atoms with Gasteiger partial charge in [0.15, 0.2) is 5.82 Å². The number of hydrogen-bond donors (Lipinski definition) is 1. The third kappa shape index (κ3) is 4.45. The second-order valence-electron chi connectivity index (χ2n) is 9.35. The molecule has 8 nitrogen and oxygen atoms in total. The van der Waals surface area contributed by atoms with Crippen molar-refractivity contribution in [2.75, 3.05) is 89.5 Å². The van der Waals surface area contributed by atoms with Gasteiger partial charge in [-0.1, -0.05) is 0 Å². The quantitative estimate of drug-likeness (QED) is 0.745. The molecular formula is C24H34N6O2. The van der Waals surface area contributed by atoms with Crippen LogP contribution in [0, 0.1) is 0 Å². The fourth-order valence-corrected chi connectivity index (χ4v) is 4.94. The van der Waals surface area contributed by atoms with Gasteiger partial charge < -0.3 is 29.4 Å². The molecule has 8 heteroatoms. The summed E-state index contributed by atoms with van der Waals surface area (Å²) in [5.74, 6) is 1.73. The Kier molecular flexibility index (Phi) is 6.28. The first-order chi connectivity index (χ1) is 15.6. The number of likely N-dealkylation sites (N-methyl/N-ethyl adjacent to an activating group) is 2. The molecule has 2 fully saturated rings. The highest BCUT2D eigenvalue weighted by molar-refractivity contribution is 5.64. The maximum Gasteiger partial charge on any atom is 0.161 e. The molecule has 5 rings (SSSR count). The summed E-state index contributed by atoms with van der Waals surface area (Å²) in [5, 5.41) is 9.91. The second-order valence-corrected chi connectivity index (χ2v) is 9.35. The Hall–Kier alpha value is -2.26. The summed E-state index contributed by atoms with van der Waals surface area (Å²) >= 11 is 0. The monoisotopic (exact) mass is 438 g/mol. The lowest BCUT2D eigenvalue weighted by atomic mass is 10.1. The van der Waals surface area contributed by atoms with Gasteiger partial charge in [-0.25, -0.2) is 9.97 Å². The summed E-state index contributed by atoms with van der Waals surface area (Å²) in [6.07, 6.45) is 2.06. The van der Waals surface area contributed by atoms with Crippen molar-refractivity contribution in [3.05, 3.63) is 36.0 Å². The maximum atomic E-state index is 9.91. The highest BCUT2D eigenvalue weighted by Gasteiger charge is 2.33. The number of fused-ring (bicyclic) bond motifs is 1. The average molecular weight is 439 g/mol. The van der Waals surface area contributed by atoms with Crippen LogP contribution in [0.3, 0.4) is 0 Å². The first-order valence-electron chi connectivity index (χ1n) is 11.7. The summed E-state index contributed by atoms with van der Waals surface area (Å²) in [6.45, 7) is 8.61. The molecule has 1 unspecified atom stereocenters. The zero-order chi connectivity index (χ0) is 22.1. The minimum absolute atomic E-state index is 0.0555. The Labute approximate surface area is 190 Å². The summed E-state index contributed by atoms with van der Waals surface area (Å²) in [4.78, 5) is 19.0. The second kappa shape index (κ2) is 9.31. The van der Waals surface area contributed by atoms with E-state index in [4.69, 9.17) is 9.72 Å². The SMILES string of the molecule is CN1CCN(c2ccc(-c3ncc4c(n3)N(C[C@H]3CN(C)CCO3)CC4CO)cc2)CC1. The average Bonchev–Trinajstić information content (AvgIpc) is 3.16. The number of hydrogen-bond acceptors (Lipinski definition) is 8. The molecule has 1 N–H and O–H groups in total. The third-order valence-electron chi connectivity index (χ3n) is 6.96. The first-order valence-corrected chi connectivity index (χ1v) is 11.7. The molecule has 0 spiro atoms. The van der Waals surface area contributed by atoms with E-state index in [9.17, 15) is 5.11 Å². The molecule has 172 valence electrons. The van der Waals surface area contributed by atoms with Gasteiger partial charge in [-0.05, 0) is 38.4 Å². The van der Waals surface area contributed by atoms with Crippen LogP contribution in [0.15, 0.2) is 30.5 Å². The van der Waals surface area contributed by atoms with E-state index in [1.165, 1.54) is 5.69 Å². The fraction of sp³-hybridized carbons (Fsp3) is 0.583. The molecule has 2 saturated heterocycles. The number of ether oxygens (including phenoxy) is 1. The molecule has 0 radical (unpaired) electrons. The zero-order valence-electron chi connectivity index (χ0n) is 19.2. The molecule has 2 aromatic rings. The zero-order valence-corrected chi connectivity index (χ0v) is 19.2. The van der Waals surface area contributed by atoms with E-state index < -0.39 is 0 Å². The molecule has 32 heavy (non-hydrogen) atoms. The summed E-state index contributed by atoms with van der Waals surface area (Å²) < 4.78 is 5.99. The van der Waals surface area contributed by atoms with Crippen LogP contribution >= 0.6 is 0 Å². The van der Waals surface area contributed by atoms with E-state index in [2.05, 4.69) is 62.9 Å². The van der Waals surface area contributed by atoms with Gasteiger partial charge in [0.25, 0.3) is 0 Å². The van der Waals surface area contributed by atoms with Crippen molar-refractivity contribution in [3.8, 4) is 11.4 Å². The predicted octanol–water partition coefficient (Wildman–Crippen LogP) is 1.12. The molecule has 1 aromatic heterocycles. The van der Waals surface area contributed by atoms with E-state index >= 15 is 0 Å². The van der Waals surface area contributed by atoms with E-state index in [1.807, 2.05) is 6.20 Å². The van der Waals surface area contributed by atoms with Gasteiger partial charge in [0.2, 0.25) is 0 Å². The Morgan fingerprint density at radius 2 is 1.78 bits per heavy atom. The molecular weight excluding hydrogens is 404 g/mol. The number of aliphatic hydroxyl groups excluding tert-OH is 1. The van der Waals surface area contributed by atoms with Crippen molar-refractivity contribution < 1.29 is 9.84 Å². The molecule has 2 atom stereocenters. The number of anilines is 2. The van der Waals surface area contributed by atoms with Gasteiger partial charge in [0, 0.05) is 81.3 Å². The van der Waals surface area contributed by atoms with Crippen LogP contribution in [0.2, 0.25) is 0 Å². The maximum absolute atomic E-state index is 9.91. The Balaban J connectivity index is 1.35. The number of rotatable bonds is 5. The van der Waals surface area contributed by atoms with Gasteiger partial charge in [-0.2, -0.15) is 0 Å². The molecule has 3 aliphatic heterocycles. The van der Waals surface area contributed by atoms with Crippen molar-refractivity contribution in [2.24, 2.45) is 0 Å². The standard InChI is InChI=1S/C24H34N6O2/c1-27-7-9-29(10-8-27)20-5-3-18(4-6-20)23-25-13-22-19(17-31)14-30(24(22)26-23)16-21-15-28(2)11-12-32-21/h3-6,13,19,21,31H,7-12,14-17H2,1-2H3/t19?,21-/m1/s1. The molecule has 3 aliphatic rings. The van der Waals surface area contributed by atoms with E-state index in [-0.39, 0.29) is 18.6 Å². The summed E-state index contributed by atoms with van der Waals surface area (Å²) in [7, 11) is 4.31. The number of morpholine rings is 1. The number of benzene rings is 1. The van der Waals surface area contributed by atoms with E-state index in [1.54, 1.807) is 0 Å². The summed E-state index contributed by atoms with van der Waals surface area (Å²) in [6, 6.07) is 8.60. The Morgan fingerprint density at radius 1 is 1.00 bits per heavy atom. The number of aromatic nitrogens is 2. The molecule has 0 bridgehead atoms. The van der Waals surface area contributed by atoms with Crippen LogP contribution in [-0.2, 0) is 4.74 Å². The van der Waals surface area contributed by atoms with Crippen molar-refractivity contribution >= 4 is 11.5 Å². The van der Waals surface area contributed by atoms with Crippen molar-refractivity contribution in [2.45, 2.75) is 12.0 Å². The largest absolute Gasteiger partial charge is 0.396 e. The van der Waals surface area contributed by atoms with Gasteiger partial charge in [-0.15, -0.1) is 0 Å². The van der Waals surface area contributed by atoms with Gasteiger partial charge in [0.1, 0.15) is 5.82 Å². The van der Waals surface area contributed by atoms with Crippen LogP contribution < -0.4 is 9.80 Å². The topological polar surface area (TPSA) is 68.2 Å². The van der Waals surface area contributed by atoms with Crippen LogP contribution in [-0.4, -0.2) is 111 Å². The smallest absolute Gasteiger partial charge is 0.161 e. The van der Waals surface area contributed by atoms with E-state index in [0.717, 1.165) is 81.7 Å². The predicted molar refractivity (Wildman–Crippen MR) is 126 cm³/mol. The van der Waals surface area contributed by atoms with Crippen LogP contribution in [0.5, 0.6) is 0 Å². The minimum Gasteiger partial charge on any atom is -0.396 e. The van der Waals surface area contributed by atoms with Crippen LogP contribution in [0.25, 0.3) is 11.4 Å². The van der Waals surface area contributed by atoms with Gasteiger partial charge in [0.05, 0.1) is 19.3 Å². The lowest BCUT2D eigenvalue weighted by Crippen LogP contribution is -2.46. The highest BCUT2D eigenvalue weighted by Crippen LogP contribution is 2.36. The number of piperazine rings is 1. The van der Waals surface area contributed by atoms with Gasteiger partial charge in [-0.3, -0.25) is 0 Å². The fourth-order valence-electron chi connectivity index (χ4n) is 4.94. The molecule has 4 heterocycles. The molecule has 0 amide bonds. The molecule has 0 aliphatic carbocycles. The minimum atomic E-state index is 0.0555. The Bertz CT molecular complexity index is 915. The third-order valence-corrected chi connectivity index (χ3v) is 6.96. The lowest BCUT2D eigenvalue weighted by Gasteiger charge is -2.34. The van der Waals surface area contributed by atoms with Crippen LogP contribution in [0.4, 0.5) is 11.5 Å². The number of nitrogens with zero attached hydrogens (tertiary/aromatic N) is 6.